The molecule has 0 radical (unpaired) electrons. The maximum absolute atomic E-state index is 11.4. The summed E-state index contributed by atoms with van der Waals surface area (Å²) in [6, 6.07) is 3.27. The summed E-state index contributed by atoms with van der Waals surface area (Å²) in [7, 11) is 0. The molecule has 0 saturated carbocycles. The van der Waals surface area contributed by atoms with Crippen LogP contribution in [0.25, 0.3) is 0 Å². The predicted molar refractivity (Wildman–Crippen MR) is 49.4 cm³/mol. The molecule has 0 aliphatic rings. The lowest BCUT2D eigenvalue weighted by Gasteiger charge is -2.19. The van der Waals surface area contributed by atoms with Crippen LogP contribution in [0.3, 0.4) is 0 Å². The molecule has 0 aliphatic heterocycles. The van der Waals surface area contributed by atoms with Crippen LogP contribution in [0.2, 0.25) is 0 Å². The Hall–Kier alpha value is -1.38. The van der Waals surface area contributed by atoms with Crippen molar-refractivity contribution in [3.8, 4) is 0 Å². The SMILES string of the molecule is CC(C)(C)OC(=O)c1ccncc1. The van der Waals surface area contributed by atoms with Crippen LogP contribution < -0.4 is 0 Å². The molecule has 1 aromatic rings. The molecule has 3 nitrogen and oxygen atoms in total. The van der Waals surface area contributed by atoms with Gasteiger partial charge in [0, 0.05) is 12.4 Å². The minimum atomic E-state index is -0.444. The highest BCUT2D eigenvalue weighted by Gasteiger charge is 2.17. The van der Waals surface area contributed by atoms with Gasteiger partial charge in [-0.25, -0.2) is 4.79 Å². The highest BCUT2D eigenvalue weighted by Crippen LogP contribution is 2.10. The zero-order valence-corrected chi connectivity index (χ0v) is 8.07. The van der Waals surface area contributed by atoms with Crippen LogP contribution in [0.15, 0.2) is 24.5 Å². The average molecular weight is 179 g/mol. The molecule has 0 bridgehead atoms. The van der Waals surface area contributed by atoms with Gasteiger partial charge in [-0.15, -0.1) is 0 Å². The average Bonchev–Trinajstić information content (AvgIpc) is 2.03. The van der Waals surface area contributed by atoms with Crippen LogP contribution >= 0.6 is 0 Å². The van der Waals surface area contributed by atoms with Gasteiger partial charge in [-0.2, -0.15) is 0 Å². The Bertz CT molecular complexity index is 288. The topological polar surface area (TPSA) is 39.2 Å². The highest BCUT2D eigenvalue weighted by molar-refractivity contribution is 5.89. The number of carbonyl (C=O) groups is 1. The normalized spacial score (nSPS) is 11.0. The van der Waals surface area contributed by atoms with Crippen LogP contribution in [-0.2, 0) is 4.74 Å². The van der Waals surface area contributed by atoms with Crippen molar-refractivity contribution in [3.05, 3.63) is 30.1 Å². The number of hydrogen-bond donors (Lipinski definition) is 0. The Morgan fingerprint density at radius 3 is 2.31 bits per heavy atom. The summed E-state index contributed by atoms with van der Waals surface area (Å²) in [6.07, 6.45) is 3.14. The van der Waals surface area contributed by atoms with Crippen molar-refractivity contribution in [3.63, 3.8) is 0 Å². The van der Waals surface area contributed by atoms with Crippen LogP contribution in [0.4, 0.5) is 0 Å². The molecule has 0 atom stereocenters. The lowest BCUT2D eigenvalue weighted by Crippen LogP contribution is -2.23. The van der Waals surface area contributed by atoms with E-state index in [4.69, 9.17) is 4.74 Å². The third-order valence-electron chi connectivity index (χ3n) is 1.31. The van der Waals surface area contributed by atoms with Crippen molar-refractivity contribution < 1.29 is 9.53 Å². The Morgan fingerprint density at radius 2 is 1.85 bits per heavy atom. The fourth-order valence-electron chi connectivity index (χ4n) is 0.825. The minimum absolute atomic E-state index is 0.310. The van der Waals surface area contributed by atoms with E-state index in [0.29, 0.717) is 5.56 Å². The first kappa shape index (κ1) is 9.71. The van der Waals surface area contributed by atoms with Gasteiger partial charge in [-0.1, -0.05) is 0 Å². The number of carbonyl (C=O) groups excluding carboxylic acids is 1. The van der Waals surface area contributed by atoms with Gasteiger partial charge in [0.2, 0.25) is 0 Å². The molecule has 0 amide bonds. The first-order valence-electron chi connectivity index (χ1n) is 4.12. The molecule has 70 valence electrons. The lowest BCUT2D eigenvalue weighted by molar-refractivity contribution is 0.00694. The van der Waals surface area contributed by atoms with Crippen molar-refractivity contribution >= 4 is 5.97 Å². The van der Waals surface area contributed by atoms with E-state index in [1.165, 1.54) is 0 Å². The molecule has 1 heterocycles. The van der Waals surface area contributed by atoms with Crippen molar-refractivity contribution in [2.75, 3.05) is 0 Å². The first-order valence-corrected chi connectivity index (χ1v) is 4.12. The minimum Gasteiger partial charge on any atom is -0.456 e. The number of ether oxygens (including phenoxy) is 1. The quantitative estimate of drug-likeness (QED) is 0.619. The number of pyridine rings is 1. The molecule has 0 aliphatic carbocycles. The molecule has 0 spiro atoms. The molecule has 3 heteroatoms. The van der Waals surface area contributed by atoms with Gasteiger partial charge < -0.3 is 4.74 Å². The summed E-state index contributed by atoms with van der Waals surface area (Å²) < 4.78 is 5.16. The number of rotatable bonds is 1. The Labute approximate surface area is 77.8 Å². The largest absolute Gasteiger partial charge is 0.456 e. The zero-order valence-electron chi connectivity index (χ0n) is 8.07. The third kappa shape index (κ3) is 3.23. The Balaban J connectivity index is 2.71. The maximum atomic E-state index is 11.4. The van der Waals surface area contributed by atoms with Crippen LogP contribution in [0.5, 0.6) is 0 Å². The summed E-state index contributed by atoms with van der Waals surface area (Å²) in [5, 5.41) is 0. The summed E-state index contributed by atoms with van der Waals surface area (Å²) >= 11 is 0. The van der Waals surface area contributed by atoms with E-state index in [-0.39, 0.29) is 5.97 Å². The van der Waals surface area contributed by atoms with Gasteiger partial charge >= 0.3 is 5.97 Å². The molecule has 1 rings (SSSR count). The van der Waals surface area contributed by atoms with Gasteiger partial charge in [0.05, 0.1) is 5.56 Å². The van der Waals surface area contributed by atoms with Crippen LogP contribution in [0, 0.1) is 0 Å². The van der Waals surface area contributed by atoms with Gasteiger partial charge in [0.25, 0.3) is 0 Å². The summed E-state index contributed by atoms with van der Waals surface area (Å²) in [5.41, 5.74) is 0.0882. The molecule has 0 N–H and O–H groups in total. The smallest absolute Gasteiger partial charge is 0.338 e. The number of hydrogen-bond acceptors (Lipinski definition) is 3. The summed E-state index contributed by atoms with van der Waals surface area (Å²) in [5.74, 6) is -0.310. The van der Waals surface area contributed by atoms with Gasteiger partial charge in [0.15, 0.2) is 0 Å². The highest BCUT2D eigenvalue weighted by atomic mass is 16.6. The van der Waals surface area contributed by atoms with E-state index in [2.05, 4.69) is 4.98 Å². The van der Waals surface area contributed by atoms with Crippen LogP contribution in [-0.4, -0.2) is 16.6 Å². The number of nitrogens with zero attached hydrogens (tertiary/aromatic N) is 1. The van der Waals surface area contributed by atoms with Crippen molar-refractivity contribution in [2.24, 2.45) is 0 Å². The van der Waals surface area contributed by atoms with E-state index >= 15 is 0 Å². The van der Waals surface area contributed by atoms with Crippen molar-refractivity contribution in [1.82, 2.24) is 4.98 Å². The zero-order chi connectivity index (χ0) is 9.90. The van der Waals surface area contributed by atoms with Gasteiger partial charge in [-0.3, -0.25) is 4.98 Å². The Kier molecular flexibility index (Phi) is 2.66. The summed E-state index contributed by atoms with van der Waals surface area (Å²) in [4.78, 5) is 15.2. The second kappa shape index (κ2) is 3.56. The molecule has 0 aromatic carbocycles. The Morgan fingerprint density at radius 1 is 1.31 bits per heavy atom. The molecule has 0 saturated heterocycles. The third-order valence-corrected chi connectivity index (χ3v) is 1.31. The molecular weight excluding hydrogens is 166 g/mol. The summed E-state index contributed by atoms with van der Waals surface area (Å²) in [6.45, 7) is 5.52. The fraction of sp³-hybridized carbons (Fsp3) is 0.400. The van der Waals surface area contributed by atoms with Crippen molar-refractivity contribution in [1.29, 1.82) is 0 Å². The van der Waals surface area contributed by atoms with Gasteiger partial charge in [0.1, 0.15) is 5.60 Å². The van der Waals surface area contributed by atoms with E-state index < -0.39 is 5.60 Å². The first-order chi connectivity index (χ1) is 5.99. The van der Waals surface area contributed by atoms with Crippen LogP contribution in [0.1, 0.15) is 31.1 Å². The van der Waals surface area contributed by atoms with E-state index in [1.807, 2.05) is 20.8 Å². The van der Waals surface area contributed by atoms with Gasteiger partial charge in [-0.05, 0) is 32.9 Å². The maximum Gasteiger partial charge on any atom is 0.338 e. The number of aromatic nitrogens is 1. The monoisotopic (exact) mass is 179 g/mol. The molecular formula is C10H13NO2. The van der Waals surface area contributed by atoms with E-state index in [0.717, 1.165) is 0 Å². The molecule has 0 fully saturated rings. The lowest BCUT2D eigenvalue weighted by atomic mass is 10.2. The molecule has 1 aromatic heterocycles. The second-order valence-electron chi connectivity index (χ2n) is 3.74. The van der Waals surface area contributed by atoms with E-state index in [9.17, 15) is 4.79 Å². The standard InChI is InChI=1S/C10H13NO2/c1-10(2,3)13-9(12)8-4-6-11-7-5-8/h4-7H,1-3H3. The second-order valence-corrected chi connectivity index (χ2v) is 3.74. The number of esters is 1. The van der Waals surface area contributed by atoms with E-state index in [1.54, 1.807) is 24.5 Å². The predicted octanol–water partition coefficient (Wildman–Crippen LogP) is 2.04. The van der Waals surface area contributed by atoms with Crippen molar-refractivity contribution in [2.45, 2.75) is 26.4 Å². The molecule has 13 heavy (non-hydrogen) atoms. The molecule has 0 unspecified atom stereocenters. The fourth-order valence-corrected chi connectivity index (χ4v) is 0.825.